The minimum atomic E-state index is -3.63. The molecule has 3 fully saturated rings. The van der Waals surface area contributed by atoms with Crippen molar-refractivity contribution in [2.75, 3.05) is 46.2 Å². The van der Waals surface area contributed by atoms with Crippen molar-refractivity contribution in [1.29, 1.82) is 0 Å². The first kappa shape index (κ1) is 21.9. The van der Waals surface area contributed by atoms with Crippen molar-refractivity contribution in [3.8, 4) is 11.5 Å². The van der Waals surface area contributed by atoms with Crippen molar-refractivity contribution in [2.45, 2.75) is 38.0 Å². The third-order valence-corrected chi connectivity index (χ3v) is 8.61. The monoisotopic (exact) mass is 467 g/mol. The fourth-order valence-electron chi connectivity index (χ4n) is 4.76. The van der Waals surface area contributed by atoms with Gasteiger partial charge >= 0.3 is 0 Å². The summed E-state index contributed by atoms with van der Waals surface area (Å²) in [5, 5.41) is 2.94. The number of carbonyl (C=O) groups excluding carboxylic acids is 1. The second-order valence-corrected chi connectivity index (χ2v) is 10.5. The predicted molar refractivity (Wildman–Crippen MR) is 113 cm³/mol. The van der Waals surface area contributed by atoms with E-state index in [0.29, 0.717) is 76.6 Å². The van der Waals surface area contributed by atoms with Crippen LogP contribution in [0.3, 0.4) is 0 Å². The zero-order chi connectivity index (χ0) is 22.2. The molecule has 32 heavy (non-hydrogen) atoms. The number of rotatable bonds is 5. The van der Waals surface area contributed by atoms with E-state index in [2.05, 4.69) is 5.32 Å². The number of nitrogens with one attached hydrogen (secondary N) is 1. The molecular weight excluding hydrogens is 438 g/mol. The number of amides is 1. The number of benzene rings is 1. The maximum Gasteiger partial charge on any atom is 0.282 e. The van der Waals surface area contributed by atoms with Crippen LogP contribution < -0.4 is 14.8 Å². The average molecular weight is 468 g/mol. The van der Waals surface area contributed by atoms with Crippen molar-refractivity contribution >= 4 is 16.1 Å². The van der Waals surface area contributed by atoms with Crippen LogP contribution in [0, 0.1) is 5.92 Å². The maximum absolute atomic E-state index is 13.2. The lowest BCUT2D eigenvalue weighted by atomic mass is 9.98. The van der Waals surface area contributed by atoms with E-state index in [-0.39, 0.29) is 25.2 Å². The van der Waals surface area contributed by atoms with Gasteiger partial charge in [0.1, 0.15) is 0 Å². The first-order chi connectivity index (χ1) is 15.5. The second kappa shape index (κ2) is 8.79. The van der Waals surface area contributed by atoms with Crippen LogP contribution >= 0.6 is 0 Å². The van der Waals surface area contributed by atoms with Gasteiger partial charge in [0.2, 0.25) is 12.7 Å². The van der Waals surface area contributed by atoms with Gasteiger partial charge in [-0.3, -0.25) is 4.79 Å². The largest absolute Gasteiger partial charge is 0.454 e. The maximum atomic E-state index is 13.2. The summed E-state index contributed by atoms with van der Waals surface area (Å²) in [7, 11) is -3.63. The summed E-state index contributed by atoms with van der Waals surface area (Å²) < 4.78 is 51.5. The molecule has 0 bridgehead atoms. The van der Waals surface area contributed by atoms with Gasteiger partial charge in [-0.2, -0.15) is 17.0 Å². The fourth-order valence-corrected chi connectivity index (χ4v) is 6.46. The molecule has 3 saturated heterocycles. The summed E-state index contributed by atoms with van der Waals surface area (Å²) in [6.07, 6.45) is 2.38. The Bertz CT molecular complexity index is 954. The highest BCUT2D eigenvalue weighted by atomic mass is 32.2. The molecule has 1 atom stereocenters. The van der Waals surface area contributed by atoms with E-state index in [1.807, 2.05) is 18.2 Å². The number of ether oxygens (including phenoxy) is 4. The summed E-state index contributed by atoms with van der Waals surface area (Å²) in [6, 6.07) is 5.55. The lowest BCUT2D eigenvalue weighted by Gasteiger charge is -2.40. The first-order valence-electron chi connectivity index (χ1n) is 11.1. The van der Waals surface area contributed by atoms with Crippen LogP contribution in [0.4, 0.5) is 0 Å². The molecule has 4 aliphatic heterocycles. The van der Waals surface area contributed by atoms with Gasteiger partial charge in [0.15, 0.2) is 17.3 Å². The van der Waals surface area contributed by atoms with E-state index < -0.39 is 16.0 Å². The van der Waals surface area contributed by atoms with Crippen LogP contribution in [0.2, 0.25) is 0 Å². The van der Waals surface area contributed by atoms with Gasteiger partial charge in [-0.25, -0.2) is 0 Å². The topological polar surface area (TPSA) is 107 Å². The van der Waals surface area contributed by atoms with E-state index >= 15 is 0 Å². The number of hydrogen-bond donors (Lipinski definition) is 1. The van der Waals surface area contributed by atoms with Crippen molar-refractivity contribution in [3.63, 3.8) is 0 Å². The molecule has 4 heterocycles. The smallest absolute Gasteiger partial charge is 0.282 e. The lowest BCUT2D eigenvalue weighted by Crippen LogP contribution is -2.54. The van der Waals surface area contributed by atoms with E-state index in [9.17, 15) is 13.2 Å². The number of nitrogens with zero attached hydrogens (tertiary/aromatic N) is 2. The number of hydrogen-bond acceptors (Lipinski definition) is 7. The number of piperidine rings is 2. The second-order valence-electron chi connectivity index (χ2n) is 8.62. The summed E-state index contributed by atoms with van der Waals surface area (Å²) in [4.78, 5) is 12.8. The summed E-state index contributed by atoms with van der Waals surface area (Å²) in [5.74, 6) is 0.245. The standard InChI is InChI=1S/C21H29N3O7S/c25-20(22-13-16-3-4-18-19(12-16)29-15-28-18)17-2-1-7-24(14-17)32(26,27)23-8-5-21(6-9-23)30-10-11-31-21/h3-4,12,17H,1-2,5-11,13-15H2,(H,22,25). The Balaban J connectivity index is 1.16. The van der Waals surface area contributed by atoms with Crippen LogP contribution in [0.15, 0.2) is 18.2 Å². The molecule has 0 aliphatic carbocycles. The highest BCUT2D eigenvalue weighted by Crippen LogP contribution is 2.34. The molecule has 0 aromatic heterocycles. The molecule has 1 unspecified atom stereocenters. The van der Waals surface area contributed by atoms with Gasteiger partial charge in [-0.1, -0.05) is 6.07 Å². The Morgan fingerprint density at radius 1 is 1.06 bits per heavy atom. The molecule has 1 N–H and O–H groups in total. The Morgan fingerprint density at radius 2 is 1.81 bits per heavy atom. The predicted octanol–water partition coefficient (Wildman–Crippen LogP) is 0.827. The van der Waals surface area contributed by atoms with Crippen LogP contribution in [-0.2, 0) is 31.0 Å². The van der Waals surface area contributed by atoms with E-state index in [0.717, 1.165) is 5.56 Å². The van der Waals surface area contributed by atoms with E-state index in [1.165, 1.54) is 8.61 Å². The van der Waals surface area contributed by atoms with Gasteiger partial charge in [0.25, 0.3) is 10.2 Å². The van der Waals surface area contributed by atoms with E-state index in [4.69, 9.17) is 18.9 Å². The average Bonchev–Trinajstić information content (AvgIpc) is 3.47. The Hall–Kier alpha value is -1.92. The molecule has 4 aliphatic rings. The zero-order valence-corrected chi connectivity index (χ0v) is 18.8. The summed E-state index contributed by atoms with van der Waals surface area (Å²) in [5.41, 5.74) is 0.904. The Labute approximate surface area is 187 Å². The SMILES string of the molecule is O=C(NCc1ccc2c(c1)OCO2)C1CCCN(S(=O)(=O)N2CCC3(CC2)OCCO3)C1. The molecule has 1 aromatic rings. The van der Waals surface area contributed by atoms with Gasteiger partial charge in [-0.05, 0) is 30.5 Å². The van der Waals surface area contributed by atoms with Gasteiger partial charge in [-0.15, -0.1) is 0 Å². The van der Waals surface area contributed by atoms with Gasteiger partial charge < -0.3 is 24.3 Å². The molecular formula is C21H29N3O7S. The highest BCUT2D eigenvalue weighted by Gasteiger charge is 2.44. The van der Waals surface area contributed by atoms with Crippen molar-refractivity contribution < 1.29 is 32.2 Å². The molecule has 1 aromatic carbocycles. The minimum Gasteiger partial charge on any atom is -0.454 e. The normalized spacial score (nSPS) is 25.8. The van der Waals surface area contributed by atoms with Crippen LogP contribution in [0.25, 0.3) is 0 Å². The van der Waals surface area contributed by atoms with Crippen LogP contribution in [0.5, 0.6) is 11.5 Å². The lowest BCUT2D eigenvalue weighted by molar-refractivity contribution is -0.179. The van der Waals surface area contributed by atoms with E-state index in [1.54, 1.807) is 0 Å². The molecule has 11 heteroatoms. The molecule has 0 radical (unpaired) electrons. The third-order valence-electron chi connectivity index (χ3n) is 6.61. The summed E-state index contributed by atoms with van der Waals surface area (Å²) in [6.45, 7) is 3.03. The van der Waals surface area contributed by atoms with Crippen molar-refractivity contribution in [1.82, 2.24) is 13.9 Å². The molecule has 176 valence electrons. The number of carbonyl (C=O) groups is 1. The Morgan fingerprint density at radius 3 is 2.59 bits per heavy atom. The van der Waals surface area contributed by atoms with Crippen molar-refractivity contribution in [3.05, 3.63) is 23.8 Å². The molecule has 1 spiro atoms. The van der Waals surface area contributed by atoms with Crippen LogP contribution in [0.1, 0.15) is 31.2 Å². The molecule has 1 amide bonds. The van der Waals surface area contributed by atoms with Gasteiger partial charge in [0, 0.05) is 45.6 Å². The number of fused-ring (bicyclic) bond motifs is 1. The highest BCUT2D eigenvalue weighted by molar-refractivity contribution is 7.86. The zero-order valence-electron chi connectivity index (χ0n) is 18.0. The fraction of sp³-hybridized carbons (Fsp3) is 0.667. The third kappa shape index (κ3) is 4.32. The summed E-state index contributed by atoms with van der Waals surface area (Å²) >= 11 is 0. The molecule has 5 rings (SSSR count). The first-order valence-corrected chi connectivity index (χ1v) is 12.5. The molecule has 0 saturated carbocycles. The minimum absolute atomic E-state index is 0.132. The van der Waals surface area contributed by atoms with Crippen LogP contribution in [-0.4, -0.2) is 74.9 Å². The van der Waals surface area contributed by atoms with Gasteiger partial charge in [0.05, 0.1) is 19.1 Å². The Kier molecular flexibility index (Phi) is 6.01. The molecule has 10 nitrogen and oxygen atoms in total. The quantitative estimate of drug-likeness (QED) is 0.684. The van der Waals surface area contributed by atoms with Crippen molar-refractivity contribution in [2.24, 2.45) is 5.92 Å².